The summed E-state index contributed by atoms with van der Waals surface area (Å²) in [5.74, 6) is 0.227. The minimum absolute atomic E-state index is 0.159. The van der Waals surface area contributed by atoms with Crippen molar-refractivity contribution in [2.75, 3.05) is 13.7 Å². The van der Waals surface area contributed by atoms with E-state index in [2.05, 4.69) is 15.7 Å². The fourth-order valence-electron chi connectivity index (χ4n) is 2.94. The normalized spacial score (nSPS) is 16.2. The lowest BCUT2D eigenvalue weighted by Gasteiger charge is -2.13. The molecule has 3 rings (SSSR count). The maximum atomic E-state index is 12.5. The predicted molar refractivity (Wildman–Crippen MR) is 100 cm³/mol. The molecular formula is C19H23N5O4. The summed E-state index contributed by atoms with van der Waals surface area (Å²) >= 11 is 0. The van der Waals surface area contributed by atoms with Crippen molar-refractivity contribution in [1.82, 2.24) is 25.3 Å². The van der Waals surface area contributed by atoms with Gasteiger partial charge in [-0.2, -0.15) is 5.10 Å². The van der Waals surface area contributed by atoms with Gasteiger partial charge in [-0.15, -0.1) is 0 Å². The number of nitrogens with one attached hydrogen (secondary N) is 2. The number of ether oxygens (including phenoxy) is 1. The largest absolute Gasteiger partial charge is 0.497 e. The lowest BCUT2D eigenvalue weighted by atomic mass is 10.1. The molecule has 0 spiro atoms. The number of carbonyl (C=O) groups is 3. The summed E-state index contributed by atoms with van der Waals surface area (Å²) in [5.41, 5.74) is 0.821. The van der Waals surface area contributed by atoms with Crippen LogP contribution < -0.4 is 15.4 Å². The van der Waals surface area contributed by atoms with Gasteiger partial charge in [0.15, 0.2) is 0 Å². The lowest BCUT2D eigenvalue weighted by molar-refractivity contribution is -0.128. The zero-order valence-electron chi connectivity index (χ0n) is 15.6. The molecule has 1 aromatic carbocycles. The second-order valence-corrected chi connectivity index (χ2v) is 6.43. The fraction of sp³-hybridized carbons (Fsp3) is 0.368. The van der Waals surface area contributed by atoms with Crippen LogP contribution in [0.3, 0.4) is 0 Å². The number of hydrogen-bond acceptors (Lipinski definition) is 5. The number of imide groups is 1. The zero-order valence-corrected chi connectivity index (χ0v) is 15.6. The van der Waals surface area contributed by atoms with E-state index in [4.69, 9.17) is 4.74 Å². The van der Waals surface area contributed by atoms with E-state index in [1.807, 2.05) is 12.3 Å². The van der Waals surface area contributed by atoms with Gasteiger partial charge in [0, 0.05) is 25.4 Å². The molecule has 1 atom stereocenters. The molecule has 1 saturated heterocycles. The molecule has 2 N–H and O–H groups in total. The number of nitrogens with zero attached hydrogens (tertiary/aromatic N) is 3. The molecule has 2 aromatic rings. The van der Waals surface area contributed by atoms with Gasteiger partial charge in [-0.25, -0.2) is 4.79 Å². The van der Waals surface area contributed by atoms with E-state index in [0.29, 0.717) is 18.8 Å². The number of amides is 4. The van der Waals surface area contributed by atoms with E-state index in [-0.39, 0.29) is 31.2 Å². The van der Waals surface area contributed by atoms with E-state index in [0.717, 1.165) is 5.56 Å². The number of methoxy groups -OCH3 is 1. The molecule has 28 heavy (non-hydrogen) atoms. The molecule has 1 fully saturated rings. The summed E-state index contributed by atoms with van der Waals surface area (Å²) in [7, 11) is 1.57. The molecule has 0 radical (unpaired) electrons. The van der Waals surface area contributed by atoms with Crippen molar-refractivity contribution in [3.05, 3.63) is 48.3 Å². The Morgan fingerprint density at radius 1 is 1.29 bits per heavy atom. The minimum atomic E-state index is -0.678. The van der Waals surface area contributed by atoms with E-state index in [1.54, 1.807) is 42.3 Å². The first-order valence-corrected chi connectivity index (χ1v) is 9.06. The number of urea groups is 1. The molecule has 148 valence electrons. The molecule has 9 heteroatoms. The van der Waals surface area contributed by atoms with Crippen molar-refractivity contribution in [2.24, 2.45) is 0 Å². The maximum Gasteiger partial charge on any atom is 0.325 e. The summed E-state index contributed by atoms with van der Waals surface area (Å²) in [4.78, 5) is 37.8. The van der Waals surface area contributed by atoms with Gasteiger partial charge in [-0.1, -0.05) is 12.1 Å². The van der Waals surface area contributed by atoms with Gasteiger partial charge in [-0.3, -0.25) is 19.2 Å². The molecule has 0 saturated carbocycles. The second kappa shape index (κ2) is 9.03. The van der Waals surface area contributed by atoms with Crippen molar-refractivity contribution < 1.29 is 19.1 Å². The van der Waals surface area contributed by atoms with Gasteiger partial charge in [-0.05, 0) is 30.2 Å². The summed E-state index contributed by atoms with van der Waals surface area (Å²) in [5, 5.41) is 9.49. The molecule has 0 bridgehead atoms. The van der Waals surface area contributed by atoms with Crippen LogP contribution in [0.4, 0.5) is 4.79 Å². The van der Waals surface area contributed by atoms with Gasteiger partial charge >= 0.3 is 6.03 Å². The van der Waals surface area contributed by atoms with Crippen LogP contribution in [0.15, 0.2) is 42.7 Å². The highest BCUT2D eigenvalue weighted by Crippen LogP contribution is 2.17. The van der Waals surface area contributed by atoms with Crippen molar-refractivity contribution in [3.8, 4) is 5.75 Å². The second-order valence-electron chi connectivity index (χ2n) is 6.43. The monoisotopic (exact) mass is 385 g/mol. The standard InChI is InChI=1S/C19H23N5O4/c1-28-15-5-3-14(4-6-15)13-24-18(26)16(22-19(24)27)7-8-17(25)20-10-12-23-11-2-9-21-23/h2-6,9,11,16H,7-8,10,12-13H2,1H3,(H,20,25)(H,22,27). The van der Waals surface area contributed by atoms with Crippen LogP contribution >= 0.6 is 0 Å². The average molecular weight is 385 g/mol. The van der Waals surface area contributed by atoms with Gasteiger partial charge in [0.05, 0.1) is 20.2 Å². The smallest absolute Gasteiger partial charge is 0.325 e. The lowest BCUT2D eigenvalue weighted by Crippen LogP contribution is -2.33. The van der Waals surface area contributed by atoms with E-state index in [1.165, 1.54) is 4.90 Å². The van der Waals surface area contributed by atoms with Crippen molar-refractivity contribution in [1.29, 1.82) is 0 Å². The van der Waals surface area contributed by atoms with E-state index >= 15 is 0 Å². The van der Waals surface area contributed by atoms with Crippen LogP contribution in [0.25, 0.3) is 0 Å². The van der Waals surface area contributed by atoms with Crippen molar-refractivity contribution in [2.45, 2.75) is 32.0 Å². The van der Waals surface area contributed by atoms with Crippen LogP contribution in [0.5, 0.6) is 5.75 Å². The number of carbonyl (C=O) groups excluding carboxylic acids is 3. The van der Waals surface area contributed by atoms with Gasteiger partial charge < -0.3 is 15.4 Å². The molecule has 1 aliphatic rings. The Kier molecular flexibility index (Phi) is 6.25. The maximum absolute atomic E-state index is 12.5. The number of hydrogen-bond donors (Lipinski definition) is 2. The average Bonchev–Trinajstić information content (AvgIpc) is 3.31. The van der Waals surface area contributed by atoms with Crippen molar-refractivity contribution in [3.63, 3.8) is 0 Å². The van der Waals surface area contributed by atoms with Crippen LogP contribution in [-0.4, -0.2) is 52.2 Å². The quantitative estimate of drug-likeness (QED) is 0.624. The Morgan fingerprint density at radius 2 is 2.07 bits per heavy atom. The molecule has 1 unspecified atom stereocenters. The summed E-state index contributed by atoms with van der Waals surface area (Å²) in [6.07, 6.45) is 3.91. The molecular weight excluding hydrogens is 362 g/mol. The Morgan fingerprint density at radius 3 is 2.75 bits per heavy atom. The van der Waals surface area contributed by atoms with Gasteiger partial charge in [0.25, 0.3) is 5.91 Å². The Bertz CT molecular complexity index is 819. The number of benzene rings is 1. The Labute approximate surface area is 162 Å². The van der Waals surface area contributed by atoms with Crippen molar-refractivity contribution >= 4 is 17.8 Å². The third kappa shape index (κ3) is 4.87. The first kappa shape index (κ1) is 19.4. The Hall–Kier alpha value is -3.36. The van der Waals surface area contributed by atoms with Crippen LogP contribution in [0.2, 0.25) is 0 Å². The van der Waals surface area contributed by atoms with E-state index in [9.17, 15) is 14.4 Å². The summed E-state index contributed by atoms with van der Waals surface area (Å²) < 4.78 is 6.82. The van der Waals surface area contributed by atoms with Crippen LogP contribution in [0, 0.1) is 0 Å². The molecule has 0 aliphatic carbocycles. The highest BCUT2D eigenvalue weighted by Gasteiger charge is 2.37. The highest BCUT2D eigenvalue weighted by atomic mass is 16.5. The van der Waals surface area contributed by atoms with Gasteiger partial charge in [0.1, 0.15) is 11.8 Å². The molecule has 2 heterocycles. The molecule has 1 aromatic heterocycles. The molecule has 9 nitrogen and oxygen atoms in total. The Balaban J connectivity index is 1.44. The predicted octanol–water partition coefficient (Wildman–Crippen LogP) is 0.909. The number of aromatic nitrogens is 2. The first-order valence-electron chi connectivity index (χ1n) is 9.06. The van der Waals surface area contributed by atoms with Crippen LogP contribution in [0.1, 0.15) is 18.4 Å². The van der Waals surface area contributed by atoms with Crippen LogP contribution in [-0.2, 0) is 22.7 Å². The third-order valence-corrected chi connectivity index (χ3v) is 4.49. The van der Waals surface area contributed by atoms with E-state index < -0.39 is 12.1 Å². The fourth-order valence-corrected chi connectivity index (χ4v) is 2.94. The van der Waals surface area contributed by atoms with Gasteiger partial charge in [0.2, 0.25) is 5.91 Å². The minimum Gasteiger partial charge on any atom is -0.497 e. The molecule has 1 aliphatic heterocycles. The SMILES string of the molecule is COc1ccc(CN2C(=O)NC(CCC(=O)NCCn3cccn3)C2=O)cc1. The highest BCUT2D eigenvalue weighted by molar-refractivity contribution is 6.04. The molecule has 4 amide bonds. The summed E-state index contributed by atoms with van der Waals surface area (Å²) in [6.45, 7) is 1.21. The number of rotatable bonds is 9. The first-order chi connectivity index (χ1) is 13.6. The topological polar surface area (TPSA) is 106 Å². The zero-order chi connectivity index (χ0) is 19.9. The third-order valence-electron chi connectivity index (χ3n) is 4.49. The summed E-state index contributed by atoms with van der Waals surface area (Å²) in [6, 6.07) is 7.86.